The molecule has 4 nitrogen and oxygen atoms in total. The van der Waals surface area contributed by atoms with E-state index in [4.69, 9.17) is 0 Å². The molecule has 6 heteroatoms. The summed E-state index contributed by atoms with van der Waals surface area (Å²) in [4.78, 5) is 1.10. The number of aryl methyl sites for hydroxylation is 1. The van der Waals surface area contributed by atoms with Crippen LogP contribution in [0, 0.1) is 6.92 Å². The average Bonchev–Trinajstić information content (AvgIpc) is 2.81. The molecule has 2 N–H and O–H groups in total. The molecule has 0 aliphatic heterocycles. The van der Waals surface area contributed by atoms with Gasteiger partial charge in [-0.2, -0.15) is 0 Å². The van der Waals surface area contributed by atoms with Crippen LogP contribution in [-0.4, -0.2) is 20.5 Å². The fourth-order valence-corrected chi connectivity index (χ4v) is 5.05. The van der Waals surface area contributed by atoms with Crippen LogP contribution in [0.15, 0.2) is 10.3 Å². The van der Waals surface area contributed by atoms with Crippen LogP contribution in [0.25, 0.3) is 0 Å². The van der Waals surface area contributed by atoms with E-state index in [9.17, 15) is 8.42 Å². The molecule has 1 aromatic heterocycles. The Morgan fingerprint density at radius 2 is 1.86 bits per heavy atom. The monoisotopic (exact) mass is 332 g/mol. The lowest BCUT2D eigenvalue weighted by atomic mass is 9.98. The van der Waals surface area contributed by atoms with Crippen molar-refractivity contribution in [2.45, 2.75) is 70.2 Å². The third kappa shape index (κ3) is 5.06. The highest BCUT2D eigenvalue weighted by Crippen LogP contribution is 2.28. The Bertz CT molecular complexity index is 546. The predicted octanol–water partition coefficient (Wildman–Crippen LogP) is 3.41. The topological polar surface area (TPSA) is 58.2 Å². The lowest BCUT2D eigenvalue weighted by Gasteiger charge is -2.27. The Hall–Kier alpha value is -0.430. The highest BCUT2D eigenvalue weighted by atomic mass is 32.2. The number of thiophene rings is 1. The largest absolute Gasteiger partial charge is 0.312 e. The van der Waals surface area contributed by atoms with Gasteiger partial charge in [0.25, 0.3) is 10.0 Å². The van der Waals surface area contributed by atoms with Gasteiger partial charge < -0.3 is 5.32 Å². The van der Waals surface area contributed by atoms with Crippen molar-refractivity contribution in [3.63, 3.8) is 0 Å². The van der Waals surface area contributed by atoms with E-state index in [1.165, 1.54) is 11.3 Å². The number of hydrogen-bond acceptors (Lipinski definition) is 4. The zero-order valence-electron chi connectivity index (χ0n) is 13.7. The van der Waals surface area contributed by atoms with Gasteiger partial charge in [0, 0.05) is 17.0 Å². The smallest absolute Gasteiger partial charge is 0.250 e. The van der Waals surface area contributed by atoms with Crippen molar-refractivity contribution >= 4 is 21.4 Å². The first-order valence-corrected chi connectivity index (χ1v) is 9.92. The van der Waals surface area contributed by atoms with Crippen molar-refractivity contribution in [1.82, 2.24) is 10.0 Å². The van der Waals surface area contributed by atoms with E-state index in [0.29, 0.717) is 4.21 Å². The Balaban J connectivity index is 2.92. The first-order valence-electron chi connectivity index (χ1n) is 7.62. The highest BCUT2D eigenvalue weighted by molar-refractivity contribution is 7.91. The zero-order valence-corrected chi connectivity index (χ0v) is 15.4. The molecule has 0 spiro atoms. The normalized spacial score (nSPS) is 12.8. The predicted molar refractivity (Wildman–Crippen MR) is 90.4 cm³/mol. The van der Waals surface area contributed by atoms with Gasteiger partial charge in [0.2, 0.25) is 0 Å². The minimum Gasteiger partial charge on any atom is -0.312 e. The lowest BCUT2D eigenvalue weighted by molar-refractivity contribution is 0.389. The quantitative estimate of drug-likeness (QED) is 0.681. The van der Waals surface area contributed by atoms with Crippen molar-refractivity contribution in [1.29, 1.82) is 0 Å². The molecule has 122 valence electrons. The van der Waals surface area contributed by atoms with Crippen molar-refractivity contribution in [2.24, 2.45) is 0 Å². The average molecular weight is 333 g/mol. The maximum Gasteiger partial charge on any atom is 0.250 e. The number of sulfonamides is 1. The molecular weight excluding hydrogens is 304 g/mol. The molecule has 21 heavy (non-hydrogen) atoms. The molecule has 0 fully saturated rings. The number of hydrogen-bond donors (Lipinski definition) is 2. The van der Waals surface area contributed by atoms with Crippen molar-refractivity contribution in [3.8, 4) is 0 Å². The van der Waals surface area contributed by atoms with Gasteiger partial charge in [0.1, 0.15) is 4.21 Å². The third-order valence-corrected chi connectivity index (χ3v) is 7.27. The van der Waals surface area contributed by atoms with E-state index in [1.54, 1.807) is 6.07 Å². The Labute approximate surface area is 133 Å². The maximum absolute atomic E-state index is 12.5. The van der Waals surface area contributed by atoms with Gasteiger partial charge in [0.05, 0.1) is 0 Å². The van der Waals surface area contributed by atoms with E-state index >= 15 is 0 Å². The molecule has 1 rings (SSSR count). The van der Waals surface area contributed by atoms with Gasteiger partial charge in [-0.3, -0.25) is 0 Å². The van der Waals surface area contributed by atoms with Crippen LogP contribution < -0.4 is 10.0 Å². The van der Waals surface area contributed by atoms with Crippen LogP contribution in [0.1, 0.15) is 57.4 Å². The van der Waals surface area contributed by atoms with Crippen molar-refractivity contribution < 1.29 is 8.42 Å². The van der Waals surface area contributed by atoms with Crippen LogP contribution in [-0.2, 0) is 16.6 Å². The lowest BCUT2D eigenvalue weighted by Crippen LogP contribution is -2.44. The van der Waals surface area contributed by atoms with Crippen molar-refractivity contribution in [2.75, 3.05) is 6.54 Å². The number of nitrogens with one attached hydrogen (secondary N) is 2. The first kappa shape index (κ1) is 18.6. The Kier molecular flexibility index (Phi) is 6.84. The van der Waals surface area contributed by atoms with E-state index in [1.807, 2.05) is 27.7 Å². The van der Waals surface area contributed by atoms with Crippen LogP contribution >= 0.6 is 11.3 Å². The summed E-state index contributed by atoms with van der Waals surface area (Å²) in [7, 11) is -3.43. The van der Waals surface area contributed by atoms with Gasteiger partial charge >= 0.3 is 0 Å². The molecule has 0 saturated carbocycles. The molecule has 0 unspecified atom stereocenters. The second kappa shape index (κ2) is 7.72. The fourth-order valence-electron chi connectivity index (χ4n) is 1.94. The van der Waals surface area contributed by atoms with Crippen molar-refractivity contribution in [3.05, 3.63) is 16.5 Å². The molecule has 1 heterocycles. The summed E-state index contributed by atoms with van der Waals surface area (Å²) in [5.74, 6) is 0. The van der Waals surface area contributed by atoms with Gasteiger partial charge in [-0.15, -0.1) is 11.3 Å². The SMILES string of the molecule is CCCNCc1sc(S(=O)(=O)NC(C)(CC)CC)cc1C. The molecule has 0 aliphatic rings. The molecule has 0 aromatic carbocycles. The minimum absolute atomic E-state index is 0.378. The second-order valence-corrected chi connectivity index (χ2v) is 8.77. The Morgan fingerprint density at radius 1 is 1.24 bits per heavy atom. The van der Waals surface area contributed by atoms with E-state index in [0.717, 1.165) is 42.8 Å². The van der Waals surface area contributed by atoms with Gasteiger partial charge in [0.15, 0.2) is 0 Å². The third-order valence-electron chi connectivity index (χ3n) is 3.92. The molecule has 0 aliphatic carbocycles. The summed E-state index contributed by atoms with van der Waals surface area (Å²) < 4.78 is 28.4. The minimum atomic E-state index is -3.43. The van der Waals surface area contributed by atoms with E-state index in [-0.39, 0.29) is 5.54 Å². The summed E-state index contributed by atoms with van der Waals surface area (Å²) in [5, 5.41) is 3.32. The van der Waals surface area contributed by atoms with E-state index in [2.05, 4.69) is 17.0 Å². The highest BCUT2D eigenvalue weighted by Gasteiger charge is 2.28. The molecule has 0 atom stereocenters. The summed E-state index contributed by atoms with van der Waals surface area (Å²) in [5.41, 5.74) is 0.663. The van der Waals surface area contributed by atoms with Gasteiger partial charge in [-0.25, -0.2) is 13.1 Å². The van der Waals surface area contributed by atoms with Crippen LogP contribution in [0.2, 0.25) is 0 Å². The number of rotatable bonds is 9. The molecular formula is C15H28N2O2S2. The maximum atomic E-state index is 12.5. The second-order valence-electron chi connectivity index (χ2n) is 5.72. The zero-order chi connectivity index (χ0) is 16.1. The molecule has 0 radical (unpaired) electrons. The van der Waals surface area contributed by atoms with Crippen LogP contribution in [0.3, 0.4) is 0 Å². The van der Waals surface area contributed by atoms with E-state index < -0.39 is 10.0 Å². The molecule has 1 aromatic rings. The van der Waals surface area contributed by atoms with Crippen LogP contribution in [0.5, 0.6) is 0 Å². The van der Waals surface area contributed by atoms with Gasteiger partial charge in [-0.05, 0) is 51.3 Å². The molecule has 0 amide bonds. The van der Waals surface area contributed by atoms with Crippen LogP contribution in [0.4, 0.5) is 0 Å². The molecule has 0 bridgehead atoms. The fraction of sp³-hybridized carbons (Fsp3) is 0.733. The standard InChI is InChI=1S/C15H28N2O2S2/c1-6-9-16-11-13-12(4)10-14(20-13)21(18,19)17-15(5,7-2)8-3/h10,16-17H,6-9,11H2,1-5H3. The Morgan fingerprint density at radius 3 is 2.38 bits per heavy atom. The summed E-state index contributed by atoms with van der Waals surface area (Å²) >= 11 is 1.37. The summed E-state index contributed by atoms with van der Waals surface area (Å²) in [6.45, 7) is 11.7. The first-order chi connectivity index (χ1) is 9.78. The van der Waals surface area contributed by atoms with Gasteiger partial charge in [-0.1, -0.05) is 20.8 Å². The summed E-state index contributed by atoms with van der Waals surface area (Å²) in [6, 6.07) is 1.78. The summed E-state index contributed by atoms with van der Waals surface area (Å²) in [6.07, 6.45) is 2.62. The molecule has 0 saturated heterocycles.